The monoisotopic (exact) mass is 546 g/mol. The number of hydrogen-bond donors (Lipinski definition) is 1. The van der Waals surface area contributed by atoms with E-state index in [0.29, 0.717) is 54.5 Å². The molecule has 1 N–H and O–H groups in total. The summed E-state index contributed by atoms with van der Waals surface area (Å²) < 4.78 is 23.5. The highest BCUT2D eigenvalue weighted by Crippen LogP contribution is 2.34. The lowest BCUT2D eigenvalue weighted by molar-refractivity contribution is -0.149. The number of para-hydroxylation sites is 1. The number of fused-ring (bicyclic) bond motifs is 1. The highest BCUT2D eigenvalue weighted by Gasteiger charge is 2.34. The largest absolute Gasteiger partial charge is 0.483 e. The van der Waals surface area contributed by atoms with Crippen molar-refractivity contribution in [1.29, 1.82) is 0 Å². The number of carboxylic acid groups (broad SMARTS) is 1. The van der Waals surface area contributed by atoms with Gasteiger partial charge in [0.15, 0.2) is 12.1 Å². The minimum absolute atomic E-state index is 0.0800. The Morgan fingerprint density at radius 2 is 1.82 bits per heavy atom. The molecule has 3 heterocycles. The van der Waals surface area contributed by atoms with Crippen LogP contribution < -0.4 is 14.2 Å². The number of aryl methyl sites for hydroxylation is 2. The highest BCUT2D eigenvalue weighted by molar-refractivity contribution is 5.85. The van der Waals surface area contributed by atoms with Crippen molar-refractivity contribution in [3.05, 3.63) is 53.6 Å². The Labute approximate surface area is 230 Å². The Kier molecular flexibility index (Phi) is 7.81. The van der Waals surface area contributed by atoms with Crippen molar-refractivity contribution < 1.29 is 33.3 Å². The molecule has 11 heteroatoms. The summed E-state index contributed by atoms with van der Waals surface area (Å²) in [4.78, 5) is 38.9. The number of amides is 1. The van der Waals surface area contributed by atoms with E-state index in [4.69, 9.17) is 18.6 Å². The average molecular weight is 547 g/mol. The maximum Gasteiger partial charge on any atom is 0.328 e. The lowest BCUT2D eigenvalue weighted by Gasteiger charge is -2.22. The van der Waals surface area contributed by atoms with Gasteiger partial charge in [0.05, 0.1) is 6.61 Å². The van der Waals surface area contributed by atoms with Crippen molar-refractivity contribution in [1.82, 2.24) is 19.9 Å². The van der Waals surface area contributed by atoms with E-state index in [1.54, 1.807) is 12.1 Å². The number of likely N-dealkylation sites (tertiary alicyclic amines) is 1. The first-order valence-corrected chi connectivity index (χ1v) is 13.1. The zero-order valence-electron chi connectivity index (χ0n) is 22.5. The molecular formula is C29H30N4O7. The molecule has 0 aliphatic carbocycles. The normalized spacial score (nSPS) is 14.9. The Bertz CT molecular complexity index is 1510. The van der Waals surface area contributed by atoms with Crippen LogP contribution >= 0.6 is 0 Å². The molecule has 208 valence electrons. The highest BCUT2D eigenvalue weighted by atomic mass is 16.5. The second kappa shape index (κ2) is 11.6. The van der Waals surface area contributed by atoms with Gasteiger partial charge >= 0.3 is 12.0 Å². The first-order valence-electron chi connectivity index (χ1n) is 13.1. The summed E-state index contributed by atoms with van der Waals surface area (Å²) >= 11 is 0. The number of aromatic nitrogens is 3. The van der Waals surface area contributed by atoms with Crippen LogP contribution in [0.4, 0.5) is 0 Å². The molecule has 0 bridgehead atoms. The molecule has 0 saturated carbocycles. The fourth-order valence-electron chi connectivity index (χ4n) is 4.68. The third-order valence-electron chi connectivity index (χ3n) is 6.51. The van der Waals surface area contributed by atoms with E-state index in [0.717, 1.165) is 17.5 Å². The Morgan fingerprint density at radius 3 is 2.52 bits per heavy atom. The van der Waals surface area contributed by atoms with E-state index < -0.39 is 12.0 Å². The van der Waals surface area contributed by atoms with Crippen molar-refractivity contribution in [2.45, 2.75) is 46.1 Å². The zero-order valence-corrected chi connectivity index (χ0v) is 22.5. The van der Waals surface area contributed by atoms with Crippen LogP contribution in [0.2, 0.25) is 0 Å². The van der Waals surface area contributed by atoms with Crippen molar-refractivity contribution in [3.63, 3.8) is 0 Å². The molecule has 4 aromatic rings. The molecule has 0 radical (unpaired) electrons. The van der Waals surface area contributed by atoms with Gasteiger partial charge in [-0.05, 0) is 68.5 Å². The number of carbonyl (C=O) groups excluding carboxylic acids is 1. The molecule has 11 nitrogen and oxygen atoms in total. The summed E-state index contributed by atoms with van der Waals surface area (Å²) in [6, 6.07) is 12.1. The lowest BCUT2D eigenvalue weighted by atomic mass is 10.1. The van der Waals surface area contributed by atoms with Gasteiger partial charge in [0.1, 0.15) is 17.5 Å². The molecule has 1 aliphatic heterocycles. The molecule has 1 fully saturated rings. The fourth-order valence-corrected chi connectivity index (χ4v) is 4.68. The second-order valence-corrected chi connectivity index (χ2v) is 9.56. The van der Waals surface area contributed by atoms with Crippen molar-refractivity contribution in [2.24, 2.45) is 0 Å². The maximum atomic E-state index is 12.7. The topological polar surface area (TPSA) is 137 Å². The minimum Gasteiger partial charge on any atom is -0.483 e. The summed E-state index contributed by atoms with van der Waals surface area (Å²) in [6.45, 7) is 6.32. The Hall–Kier alpha value is -4.67. The lowest BCUT2D eigenvalue weighted by Crippen LogP contribution is -2.42. The molecule has 1 saturated heterocycles. The van der Waals surface area contributed by atoms with Gasteiger partial charge in [0.25, 0.3) is 17.5 Å². The number of carboxylic acids is 1. The summed E-state index contributed by atoms with van der Waals surface area (Å²) in [7, 11) is 0. The summed E-state index contributed by atoms with van der Waals surface area (Å²) in [5.74, 6) is 0.362. The van der Waals surface area contributed by atoms with E-state index in [2.05, 4.69) is 15.0 Å². The van der Waals surface area contributed by atoms with E-state index in [-0.39, 0.29) is 30.1 Å². The molecule has 2 aromatic carbocycles. The standard InChI is InChI=1S/C29H30N4O7/c1-4-13-37-26-23-27(32-29(31-26)39-20-9-6-5-7-10-20)40-25(30-23)19-14-17(2)24(18(3)15-19)38-16-22(34)33-12-8-11-21(33)28(35)36/h5-7,9-10,14-15,21H,4,8,11-13,16H2,1-3H3,(H,35,36)/t21-/m0/s1. The number of hydrogen-bond acceptors (Lipinski definition) is 9. The molecule has 1 atom stereocenters. The average Bonchev–Trinajstić information content (AvgIpc) is 3.60. The predicted molar refractivity (Wildman–Crippen MR) is 145 cm³/mol. The molecule has 0 unspecified atom stereocenters. The number of oxazole rings is 1. The van der Waals surface area contributed by atoms with E-state index in [1.807, 2.05) is 51.1 Å². The number of ether oxygens (including phenoxy) is 3. The van der Waals surface area contributed by atoms with Crippen LogP contribution in [-0.2, 0) is 9.59 Å². The molecule has 1 aliphatic rings. The predicted octanol–water partition coefficient (Wildman–Crippen LogP) is 4.94. The fraction of sp³-hybridized carbons (Fsp3) is 0.345. The molecule has 1 amide bonds. The van der Waals surface area contributed by atoms with Crippen LogP contribution in [0.15, 0.2) is 46.9 Å². The van der Waals surface area contributed by atoms with Crippen molar-refractivity contribution in [2.75, 3.05) is 19.8 Å². The molecule has 5 rings (SSSR count). The van der Waals surface area contributed by atoms with Crippen molar-refractivity contribution >= 4 is 23.1 Å². The number of aliphatic carboxylic acids is 1. The molecular weight excluding hydrogens is 516 g/mol. The molecule has 40 heavy (non-hydrogen) atoms. The summed E-state index contributed by atoms with van der Waals surface area (Å²) in [5.41, 5.74) is 2.82. The van der Waals surface area contributed by atoms with E-state index in [1.165, 1.54) is 4.90 Å². The number of nitrogens with zero attached hydrogens (tertiary/aromatic N) is 4. The van der Waals surface area contributed by atoms with Crippen LogP contribution in [0.5, 0.6) is 23.4 Å². The van der Waals surface area contributed by atoms with Gasteiger partial charge in [0, 0.05) is 12.1 Å². The van der Waals surface area contributed by atoms with Gasteiger partial charge in [0.2, 0.25) is 5.89 Å². The van der Waals surface area contributed by atoms with Gasteiger partial charge in [-0.2, -0.15) is 9.97 Å². The first-order chi connectivity index (χ1) is 19.3. The minimum atomic E-state index is -0.993. The van der Waals surface area contributed by atoms with E-state index >= 15 is 0 Å². The van der Waals surface area contributed by atoms with Crippen molar-refractivity contribution in [3.8, 4) is 34.8 Å². The number of benzene rings is 2. The SMILES string of the molecule is CCCOc1nc(Oc2ccccc2)nc2oc(-c3cc(C)c(OCC(=O)N4CCC[C@H]4C(=O)O)c(C)c3)nc12. The van der Waals surface area contributed by atoms with Gasteiger partial charge < -0.3 is 28.6 Å². The van der Waals surface area contributed by atoms with Crippen LogP contribution in [0, 0.1) is 13.8 Å². The number of rotatable bonds is 10. The summed E-state index contributed by atoms with van der Waals surface area (Å²) in [6.07, 6.45) is 1.89. The Morgan fingerprint density at radius 1 is 1.07 bits per heavy atom. The molecule has 0 spiro atoms. The Balaban J connectivity index is 1.39. The van der Waals surface area contributed by atoms with Crippen LogP contribution in [-0.4, -0.2) is 62.6 Å². The quantitative estimate of drug-likeness (QED) is 0.291. The first kappa shape index (κ1) is 26.9. The maximum absolute atomic E-state index is 12.7. The van der Waals surface area contributed by atoms with Gasteiger partial charge in [-0.1, -0.05) is 25.1 Å². The van der Waals surface area contributed by atoms with Crippen LogP contribution in [0.1, 0.15) is 37.3 Å². The van der Waals surface area contributed by atoms with Crippen LogP contribution in [0.25, 0.3) is 22.7 Å². The third-order valence-corrected chi connectivity index (χ3v) is 6.51. The van der Waals surface area contributed by atoms with E-state index in [9.17, 15) is 14.7 Å². The smallest absolute Gasteiger partial charge is 0.328 e. The van der Waals surface area contributed by atoms with Gasteiger partial charge in [-0.3, -0.25) is 4.79 Å². The van der Waals surface area contributed by atoms with Gasteiger partial charge in [-0.15, -0.1) is 0 Å². The number of carbonyl (C=O) groups is 2. The van der Waals surface area contributed by atoms with Gasteiger partial charge in [-0.25, -0.2) is 9.78 Å². The van der Waals surface area contributed by atoms with Crippen LogP contribution in [0.3, 0.4) is 0 Å². The third kappa shape index (κ3) is 5.68. The summed E-state index contributed by atoms with van der Waals surface area (Å²) in [5, 5.41) is 9.37. The molecule has 2 aromatic heterocycles. The zero-order chi connectivity index (χ0) is 28.2. The second-order valence-electron chi connectivity index (χ2n) is 9.56.